The second-order valence-electron chi connectivity index (χ2n) is 2.58. The summed E-state index contributed by atoms with van der Waals surface area (Å²) in [5.74, 6) is 0. The summed E-state index contributed by atoms with van der Waals surface area (Å²) in [4.78, 5) is 20.0. The van der Waals surface area contributed by atoms with Gasteiger partial charge in [-0.15, -0.1) is 0 Å². The largest absolute Gasteiger partial charge is 0.323 e. The van der Waals surface area contributed by atoms with Gasteiger partial charge in [-0.3, -0.25) is 14.9 Å². The number of rotatable bonds is 2. The van der Waals surface area contributed by atoms with Crippen LogP contribution in [0.4, 0.5) is 5.69 Å². The number of benzene rings is 1. The number of nitro groups is 1. The predicted molar refractivity (Wildman–Crippen MR) is 58.5 cm³/mol. The van der Waals surface area contributed by atoms with E-state index >= 15 is 0 Å². The zero-order valence-corrected chi connectivity index (χ0v) is 9.12. The summed E-state index contributed by atoms with van der Waals surface area (Å²) in [6, 6.07) is 3.82. The molecule has 0 radical (unpaired) electrons. The molecule has 0 aliphatic rings. The van der Waals surface area contributed by atoms with E-state index < -0.39 is 4.92 Å². The lowest BCUT2D eigenvalue weighted by atomic mass is 10.2. The SMILES string of the molecule is CNC.O=Cc1cc(Cl)ccc1[N+](=O)[O-]. The first kappa shape index (κ1) is 13.5. The van der Waals surface area contributed by atoms with Crippen molar-refractivity contribution in [2.75, 3.05) is 14.1 Å². The fraction of sp³-hybridized carbons (Fsp3) is 0.222. The van der Waals surface area contributed by atoms with Crippen molar-refractivity contribution < 1.29 is 9.72 Å². The minimum absolute atomic E-state index is 0.00694. The molecule has 0 spiro atoms. The van der Waals surface area contributed by atoms with Crippen molar-refractivity contribution in [2.24, 2.45) is 0 Å². The van der Waals surface area contributed by atoms with Crippen LogP contribution in [0.3, 0.4) is 0 Å². The van der Waals surface area contributed by atoms with E-state index in [1.807, 2.05) is 14.1 Å². The van der Waals surface area contributed by atoms with E-state index in [1.165, 1.54) is 18.2 Å². The van der Waals surface area contributed by atoms with Crippen molar-refractivity contribution in [3.63, 3.8) is 0 Å². The number of aldehydes is 1. The Balaban J connectivity index is 0.000000583. The maximum Gasteiger partial charge on any atom is 0.279 e. The minimum Gasteiger partial charge on any atom is -0.323 e. The van der Waals surface area contributed by atoms with E-state index in [2.05, 4.69) is 5.32 Å². The molecule has 0 atom stereocenters. The van der Waals surface area contributed by atoms with Gasteiger partial charge in [0.1, 0.15) is 0 Å². The van der Waals surface area contributed by atoms with Gasteiger partial charge in [-0.25, -0.2) is 0 Å². The maximum atomic E-state index is 10.3. The third-order valence-corrected chi connectivity index (χ3v) is 1.55. The van der Waals surface area contributed by atoms with E-state index in [1.54, 1.807) is 0 Å². The molecule has 0 aliphatic carbocycles. The highest BCUT2D eigenvalue weighted by atomic mass is 35.5. The predicted octanol–water partition coefficient (Wildman–Crippen LogP) is 1.90. The van der Waals surface area contributed by atoms with Gasteiger partial charge in [0.15, 0.2) is 6.29 Å². The number of halogens is 1. The lowest BCUT2D eigenvalue weighted by Gasteiger charge is -1.94. The number of hydrogen-bond donors (Lipinski definition) is 1. The third-order valence-electron chi connectivity index (χ3n) is 1.31. The van der Waals surface area contributed by atoms with Crippen LogP contribution < -0.4 is 5.32 Å². The van der Waals surface area contributed by atoms with Crippen LogP contribution in [-0.2, 0) is 0 Å². The zero-order valence-electron chi connectivity index (χ0n) is 8.36. The summed E-state index contributed by atoms with van der Waals surface area (Å²) in [5, 5.41) is 13.4. The lowest BCUT2D eigenvalue weighted by Crippen LogP contribution is -1.93. The van der Waals surface area contributed by atoms with Gasteiger partial charge in [0.25, 0.3) is 5.69 Å². The molecule has 0 saturated heterocycles. The highest BCUT2D eigenvalue weighted by Gasteiger charge is 2.12. The fourth-order valence-corrected chi connectivity index (χ4v) is 0.967. The number of carbonyl (C=O) groups excluding carboxylic acids is 1. The van der Waals surface area contributed by atoms with E-state index in [-0.39, 0.29) is 11.3 Å². The smallest absolute Gasteiger partial charge is 0.279 e. The zero-order chi connectivity index (χ0) is 11.8. The molecule has 6 heteroatoms. The van der Waals surface area contributed by atoms with Gasteiger partial charge in [0, 0.05) is 11.1 Å². The van der Waals surface area contributed by atoms with Gasteiger partial charge < -0.3 is 5.32 Å². The van der Waals surface area contributed by atoms with Gasteiger partial charge in [-0.05, 0) is 26.2 Å². The van der Waals surface area contributed by atoms with Crippen LogP contribution in [0.25, 0.3) is 0 Å². The standard InChI is InChI=1S/C7H4ClNO3.C2H7N/c8-6-1-2-7(9(11)12)5(3-6)4-10;1-3-2/h1-4H;3H,1-2H3. The first-order valence-electron chi connectivity index (χ1n) is 4.04. The monoisotopic (exact) mass is 230 g/mol. The summed E-state index contributed by atoms with van der Waals surface area (Å²) >= 11 is 5.52. The second-order valence-corrected chi connectivity index (χ2v) is 3.01. The van der Waals surface area contributed by atoms with Crippen molar-refractivity contribution in [2.45, 2.75) is 0 Å². The molecular weight excluding hydrogens is 220 g/mol. The molecule has 1 rings (SSSR count). The quantitative estimate of drug-likeness (QED) is 0.478. The Bertz CT molecular complexity index is 355. The maximum absolute atomic E-state index is 10.3. The van der Waals surface area contributed by atoms with Crippen molar-refractivity contribution in [3.8, 4) is 0 Å². The van der Waals surface area contributed by atoms with Crippen molar-refractivity contribution >= 4 is 23.6 Å². The molecule has 1 aromatic rings. The molecule has 1 aromatic carbocycles. The number of nitrogens with one attached hydrogen (secondary N) is 1. The number of nitrogens with zero attached hydrogens (tertiary/aromatic N) is 1. The summed E-state index contributed by atoms with van der Waals surface area (Å²) in [5.41, 5.74) is -0.234. The molecule has 0 aliphatic heterocycles. The summed E-state index contributed by atoms with van der Waals surface area (Å²) in [6.45, 7) is 0. The molecule has 0 aromatic heterocycles. The molecule has 0 amide bonds. The highest BCUT2D eigenvalue weighted by molar-refractivity contribution is 6.30. The number of nitro benzene ring substituents is 1. The lowest BCUT2D eigenvalue weighted by molar-refractivity contribution is -0.385. The summed E-state index contributed by atoms with van der Waals surface area (Å²) in [6.07, 6.45) is 0.407. The molecule has 1 N–H and O–H groups in total. The summed E-state index contributed by atoms with van der Waals surface area (Å²) in [7, 11) is 3.75. The second kappa shape index (κ2) is 6.92. The first-order chi connectivity index (χ1) is 7.06. The minimum atomic E-state index is -0.625. The topological polar surface area (TPSA) is 72.2 Å². The van der Waals surface area contributed by atoms with Crippen LogP contribution in [0.5, 0.6) is 0 Å². The van der Waals surface area contributed by atoms with Gasteiger partial charge in [-0.1, -0.05) is 11.6 Å². The Morgan fingerprint density at radius 3 is 2.40 bits per heavy atom. The van der Waals surface area contributed by atoms with Gasteiger partial charge in [0.05, 0.1) is 10.5 Å². The Morgan fingerprint density at radius 2 is 2.00 bits per heavy atom. The Kier molecular flexibility index (Phi) is 6.24. The van der Waals surface area contributed by atoms with Crippen LogP contribution >= 0.6 is 11.6 Å². The van der Waals surface area contributed by atoms with Crippen molar-refractivity contribution in [3.05, 3.63) is 38.9 Å². The molecule has 0 saturated carbocycles. The molecular formula is C9H11ClN2O3. The number of carbonyl (C=O) groups is 1. The average Bonchev–Trinajstić information content (AvgIpc) is 2.18. The molecule has 0 unspecified atom stereocenters. The Labute approximate surface area is 92.2 Å². The van der Waals surface area contributed by atoms with Crippen LogP contribution in [0.1, 0.15) is 10.4 Å². The first-order valence-corrected chi connectivity index (χ1v) is 4.42. The molecule has 5 nitrogen and oxygen atoms in total. The van der Waals surface area contributed by atoms with Gasteiger partial charge in [-0.2, -0.15) is 0 Å². The molecule has 82 valence electrons. The summed E-state index contributed by atoms with van der Waals surface area (Å²) < 4.78 is 0. The normalized spacial score (nSPS) is 8.73. The van der Waals surface area contributed by atoms with Gasteiger partial charge in [0.2, 0.25) is 0 Å². The van der Waals surface area contributed by atoms with Crippen LogP contribution in [0.15, 0.2) is 18.2 Å². The Hall–Kier alpha value is -1.46. The fourth-order valence-electron chi connectivity index (χ4n) is 0.786. The van der Waals surface area contributed by atoms with E-state index in [4.69, 9.17) is 11.6 Å². The highest BCUT2D eigenvalue weighted by Crippen LogP contribution is 2.20. The van der Waals surface area contributed by atoms with Gasteiger partial charge >= 0.3 is 0 Å². The molecule has 15 heavy (non-hydrogen) atoms. The molecule has 0 bridgehead atoms. The molecule has 0 heterocycles. The van der Waals surface area contributed by atoms with Crippen molar-refractivity contribution in [1.29, 1.82) is 0 Å². The average molecular weight is 231 g/mol. The number of hydrogen-bond acceptors (Lipinski definition) is 4. The van der Waals surface area contributed by atoms with E-state index in [0.29, 0.717) is 11.3 Å². The van der Waals surface area contributed by atoms with Crippen LogP contribution in [-0.4, -0.2) is 25.3 Å². The van der Waals surface area contributed by atoms with Crippen molar-refractivity contribution in [1.82, 2.24) is 5.32 Å². The third kappa shape index (κ3) is 4.53. The van der Waals surface area contributed by atoms with Crippen LogP contribution in [0, 0.1) is 10.1 Å². The van der Waals surface area contributed by atoms with Crippen LogP contribution in [0.2, 0.25) is 5.02 Å². The van der Waals surface area contributed by atoms with E-state index in [9.17, 15) is 14.9 Å². The van der Waals surface area contributed by atoms with E-state index in [0.717, 1.165) is 0 Å². The Morgan fingerprint density at radius 1 is 1.47 bits per heavy atom. The molecule has 0 fully saturated rings.